The second kappa shape index (κ2) is 22.3. The lowest BCUT2D eigenvalue weighted by molar-refractivity contribution is -0.142. The zero-order valence-corrected chi connectivity index (χ0v) is 35.2. The molecule has 63 heavy (non-hydrogen) atoms. The molecule has 0 saturated heterocycles. The molecule has 0 spiro atoms. The van der Waals surface area contributed by atoms with E-state index < -0.39 is 59.7 Å². The molecule has 0 aliphatic rings. The Kier molecular flexibility index (Phi) is 16.0. The molecule has 13 nitrogen and oxygen atoms in total. The third-order valence-electron chi connectivity index (χ3n) is 10.9. The van der Waals surface area contributed by atoms with Crippen molar-refractivity contribution in [2.24, 2.45) is 11.1 Å². The molecule has 6 N–H and O–H groups in total. The van der Waals surface area contributed by atoms with E-state index in [2.05, 4.69) is 31.4 Å². The van der Waals surface area contributed by atoms with Crippen molar-refractivity contribution in [3.63, 3.8) is 0 Å². The SMILES string of the molecule is CC[C@H](C)[C@H](NC(=O)[C@H](Cc1ccccc1)NC(=O)[C@H](Cc1ccccc1)NC(=O)/C=N/OCc1ccc(-c2ccccc2)cc1)C(=O)N[C@@H](Cc1c[nH]c2ccccc12)C(=O)O. The number of oxime groups is 1. The second-order valence-corrected chi connectivity index (χ2v) is 15.4. The van der Waals surface area contributed by atoms with Gasteiger partial charge in [0, 0.05) is 36.4 Å². The fraction of sp³-hybridized carbons (Fsp3) is 0.240. The van der Waals surface area contributed by atoms with Gasteiger partial charge in [0.05, 0.1) is 0 Å². The van der Waals surface area contributed by atoms with E-state index in [9.17, 15) is 29.1 Å². The highest BCUT2D eigenvalue weighted by atomic mass is 16.6. The minimum absolute atomic E-state index is 0.00723. The van der Waals surface area contributed by atoms with E-state index in [4.69, 9.17) is 4.84 Å². The number of aromatic nitrogens is 1. The average Bonchev–Trinajstić information content (AvgIpc) is 3.72. The molecular formula is C50H52N6O7. The topological polar surface area (TPSA) is 191 Å². The largest absolute Gasteiger partial charge is 0.480 e. The van der Waals surface area contributed by atoms with E-state index in [-0.39, 0.29) is 25.9 Å². The molecule has 1 heterocycles. The number of carbonyl (C=O) groups is 5. The van der Waals surface area contributed by atoms with Gasteiger partial charge in [-0.1, -0.05) is 159 Å². The Morgan fingerprint density at radius 1 is 0.619 bits per heavy atom. The summed E-state index contributed by atoms with van der Waals surface area (Å²) in [7, 11) is 0. The molecule has 5 atom stereocenters. The quantitative estimate of drug-likeness (QED) is 0.0371. The molecule has 6 rings (SSSR count). The predicted octanol–water partition coefficient (Wildman–Crippen LogP) is 6.14. The number of amides is 4. The number of nitrogens with one attached hydrogen (secondary N) is 5. The van der Waals surface area contributed by atoms with E-state index in [0.717, 1.165) is 44.9 Å². The molecule has 0 aliphatic heterocycles. The van der Waals surface area contributed by atoms with Gasteiger partial charge in [0.1, 0.15) is 37.0 Å². The Bertz CT molecular complexity index is 2480. The fourth-order valence-corrected chi connectivity index (χ4v) is 7.16. The van der Waals surface area contributed by atoms with Crippen LogP contribution in [0.3, 0.4) is 0 Å². The zero-order valence-electron chi connectivity index (χ0n) is 35.2. The van der Waals surface area contributed by atoms with Crippen LogP contribution in [0.1, 0.15) is 42.5 Å². The van der Waals surface area contributed by atoms with Gasteiger partial charge in [-0.2, -0.15) is 0 Å². The first kappa shape index (κ1) is 45.0. The number of rotatable bonds is 21. The van der Waals surface area contributed by atoms with Gasteiger partial charge in [-0.3, -0.25) is 19.2 Å². The molecule has 0 aliphatic carbocycles. The van der Waals surface area contributed by atoms with Crippen molar-refractivity contribution in [1.29, 1.82) is 0 Å². The van der Waals surface area contributed by atoms with Crippen molar-refractivity contribution < 1.29 is 33.9 Å². The number of H-pyrrole nitrogens is 1. The first-order valence-corrected chi connectivity index (χ1v) is 20.9. The fourth-order valence-electron chi connectivity index (χ4n) is 7.16. The zero-order chi connectivity index (χ0) is 44.6. The minimum Gasteiger partial charge on any atom is -0.480 e. The summed E-state index contributed by atoms with van der Waals surface area (Å²) >= 11 is 0. The molecule has 0 unspecified atom stereocenters. The number of benzene rings is 5. The maximum atomic E-state index is 14.3. The highest BCUT2D eigenvalue weighted by Crippen LogP contribution is 2.21. The van der Waals surface area contributed by atoms with E-state index in [0.29, 0.717) is 12.0 Å². The van der Waals surface area contributed by atoms with Gasteiger partial charge in [-0.25, -0.2) is 4.79 Å². The Labute approximate surface area is 366 Å². The van der Waals surface area contributed by atoms with E-state index in [1.807, 2.05) is 134 Å². The summed E-state index contributed by atoms with van der Waals surface area (Å²) in [6.45, 7) is 3.75. The summed E-state index contributed by atoms with van der Waals surface area (Å²) in [5.74, 6) is -4.31. The van der Waals surface area contributed by atoms with Crippen LogP contribution < -0.4 is 21.3 Å². The predicted molar refractivity (Wildman–Crippen MR) is 242 cm³/mol. The van der Waals surface area contributed by atoms with Crippen molar-refractivity contribution in [2.45, 2.75) is 70.3 Å². The summed E-state index contributed by atoms with van der Waals surface area (Å²) in [5.41, 5.74) is 6.02. The Balaban J connectivity index is 1.14. The van der Waals surface area contributed by atoms with Gasteiger partial charge < -0.3 is 36.2 Å². The summed E-state index contributed by atoms with van der Waals surface area (Å²) < 4.78 is 0. The number of aromatic amines is 1. The number of carboxylic acids is 1. The van der Waals surface area contributed by atoms with Crippen molar-refractivity contribution >= 4 is 46.7 Å². The van der Waals surface area contributed by atoms with E-state index in [1.54, 1.807) is 25.3 Å². The van der Waals surface area contributed by atoms with Crippen LogP contribution in [0.15, 0.2) is 151 Å². The van der Waals surface area contributed by atoms with Crippen molar-refractivity contribution in [3.05, 3.63) is 168 Å². The number of carbonyl (C=O) groups excluding carboxylic acids is 4. The first-order valence-electron chi connectivity index (χ1n) is 20.9. The van der Waals surface area contributed by atoms with Gasteiger partial charge in [0.15, 0.2) is 0 Å². The monoisotopic (exact) mass is 848 g/mol. The van der Waals surface area contributed by atoms with Crippen LogP contribution in [-0.4, -0.2) is 70.1 Å². The lowest BCUT2D eigenvalue weighted by atomic mass is 9.96. The number of aliphatic carboxylic acids is 1. The Hall–Kier alpha value is -7.54. The van der Waals surface area contributed by atoms with Crippen LogP contribution in [0.25, 0.3) is 22.0 Å². The van der Waals surface area contributed by atoms with Gasteiger partial charge in [-0.05, 0) is 45.4 Å². The first-order chi connectivity index (χ1) is 30.6. The summed E-state index contributed by atoms with van der Waals surface area (Å²) in [4.78, 5) is 76.6. The molecule has 0 saturated carbocycles. The summed E-state index contributed by atoms with van der Waals surface area (Å²) in [5, 5.41) is 25.9. The van der Waals surface area contributed by atoms with Crippen LogP contribution in [-0.2, 0) is 54.7 Å². The van der Waals surface area contributed by atoms with Crippen molar-refractivity contribution in [1.82, 2.24) is 26.3 Å². The lowest BCUT2D eigenvalue weighted by Gasteiger charge is -2.28. The van der Waals surface area contributed by atoms with Gasteiger partial charge in [0.25, 0.3) is 5.91 Å². The van der Waals surface area contributed by atoms with Crippen LogP contribution in [0.5, 0.6) is 0 Å². The maximum Gasteiger partial charge on any atom is 0.326 e. The maximum absolute atomic E-state index is 14.3. The number of hydrogen-bond donors (Lipinski definition) is 6. The molecule has 4 amide bonds. The second-order valence-electron chi connectivity index (χ2n) is 15.4. The normalized spacial score (nSPS) is 13.6. The molecule has 5 aromatic carbocycles. The summed E-state index contributed by atoms with van der Waals surface area (Å²) in [6, 6.07) is 38.6. The van der Waals surface area contributed by atoms with Crippen LogP contribution in [0.2, 0.25) is 0 Å². The number of fused-ring (bicyclic) bond motifs is 1. The molecule has 0 radical (unpaired) electrons. The van der Waals surface area contributed by atoms with E-state index >= 15 is 0 Å². The number of para-hydroxylation sites is 1. The van der Waals surface area contributed by atoms with Crippen LogP contribution >= 0.6 is 0 Å². The molecule has 0 fully saturated rings. The molecular weight excluding hydrogens is 797 g/mol. The van der Waals surface area contributed by atoms with E-state index in [1.165, 1.54) is 0 Å². The van der Waals surface area contributed by atoms with Gasteiger partial charge >= 0.3 is 5.97 Å². The number of carboxylic acid groups (broad SMARTS) is 1. The molecule has 1 aromatic heterocycles. The number of hydrogen-bond acceptors (Lipinski definition) is 7. The third-order valence-corrected chi connectivity index (χ3v) is 10.9. The Morgan fingerprint density at radius 2 is 1.16 bits per heavy atom. The standard InChI is InChI=1S/C50H52N6O7/c1-3-33(2)46(49(60)55-44(50(61)62)29-39-30-51-41-22-14-13-21-40(39)41)56-48(59)43(28-35-17-9-5-10-18-35)54-47(58)42(27-34-15-7-4-8-16-34)53-45(57)31-52-63-32-36-23-25-38(26-24-36)37-19-11-6-12-20-37/h4-26,30-31,33,42-44,46,51H,3,27-29,32H2,1-2H3,(H,53,57)(H,54,58)(H,55,60)(H,56,59)(H,61,62)/b52-31+/t33-,42-,43-,44-,46-/m0/s1. The average molecular weight is 849 g/mol. The Morgan fingerprint density at radius 3 is 1.78 bits per heavy atom. The highest BCUT2D eigenvalue weighted by molar-refractivity contribution is 6.26. The summed E-state index contributed by atoms with van der Waals surface area (Å²) in [6.07, 6.45) is 3.30. The molecule has 324 valence electrons. The van der Waals surface area contributed by atoms with Crippen molar-refractivity contribution in [2.75, 3.05) is 0 Å². The molecule has 6 aromatic rings. The third kappa shape index (κ3) is 13.0. The van der Waals surface area contributed by atoms with Gasteiger partial charge in [0.2, 0.25) is 17.7 Å². The smallest absolute Gasteiger partial charge is 0.326 e. The minimum atomic E-state index is -1.29. The van der Waals surface area contributed by atoms with Crippen LogP contribution in [0, 0.1) is 5.92 Å². The lowest BCUT2D eigenvalue weighted by Crippen LogP contribution is -2.60. The molecule has 0 bridgehead atoms. The van der Waals surface area contributed by atoms with Crippen LogP contribution in [0.4, 0.5) is 0 Å². The molecule has 13 heteroatoms. The van der Waals surface area contributed by atoms with Gasteiger partial charge in [-0.15, -0.1) is 0 Å². The van der Waals surface area contributed by atoms with Crippen molar-refractivity contribution in [3.8, 4) is 11.1 Å². The highest BCUT2D eigenvalue weighted by Gasteiger charge is 2.34. The number of nitrogens with zero attached hydrogens (tertiary/aromatic N) is 1.